The number of nitrogens with zero attached hydrogens (tertiary/aromatic N) is 1. The molecule has 1 N–H and O–H groups in total. The highest BCUT2D eigenvalue weighted by molar-refractivity contribution is 5.48. The number of hydrogen-bond donors (Lipinski definition) is 1. The summed E-state index contributed by atoms with van der Waals surface area (Å²) in [5.41, 5.74) is 1.21. The summed E-state index contributed by atoms with van der Waals surface area (Å²) in [4.78, 5) is 12.5. The molecule has 0 saturated carbocycles. The third kappa shape index (κ3) is 3.57. The molecule has 1 atom stereocenters. The van der Waals surface area contributed by atoms with Crippen LogP contribution in [-0.4, -0.2) is 23.9 Å². The van der Waals surface area contributed by atoms with Crippen LogP contribution in [0.15, 0.2) is 36.2 Å². The maximum atomic E-state index is 10.1. The Kier molecular flexibility index (Phi) is 5.40. The number of amides is 1. The van der Waals surface area contributed by atoms with Crippen molar-refractivity contribution in [2.24, 2.45) is 0 Å². The molecule has 0 spiro atoms. The van der Waals surface area contributed by atoms with Crippen LogP contribution in [0, 0.1) is 0 Å². The molecule has 1 fully saturated rings. The Morgan fingerprint density at radius 2 is 2.31 bits per heavy atom. The van der Waals surface area contributed by atoms with E-state index in [4.69, 9.17) is 0 Å². The highest BCUT2D eigenvalue weighted by atomic mass is 16.1. The third-order valence-corrected chi connectivity index (χ3v) is 2.75. The van der Waals surface area contributed by atoms with Crippen LogP contribution in [0.25, 0.3) is 0 Å². The van der Waals surface area contributed by atoms with Crippen molar-refractivity contribution in [3.05, 3.63) is 36.2 Å². The molecule has 0 bridgehead atoms. The predicted molar refractivity (Wildman–Crippen MR) is 66.6 cm³/mol. The molecule has 3 heteroatoms. The summed E-state index contributed by atoms with van der Waals surface area (Å²) in [5.74, 6) is 0. The van der Waals surface area contributed by atoms with Crippen molar-refractivity contribution in [2.45, 2.75) is 32.7 Å². The highest BCUT2D eigenvalue weighted by Crippen LogP contribution is 2.22. The van der Waals surface area contributed by atoms with Gasteiger partial charge in [-0.15, -0.1) is 0 Å². The summed E-state index contributed by atoms with van der Waals surface area (Å²) < 4.78 is 0. The minimum Gasteiger partial charge on any atom is -0.369 e. The Morgan fingerprint density at radius 1 is 1.50 bits per heavy atom. The normalized spacial score (nSPS) is 22.2. The first-order chi connectivity index (χ1) is 7.79. The van der Waals surface area contributed by atoms with Crippen LogP contribution >= 0.6 is 0 Å². The number of carbonyl (C=O) groups excluding carboxylic acids is 1. The SMILES string of the molecule is C\C=C/C(=C\C=C\NC=O)N1CCCC1C. The Balaban J connectivity index is 2.69. The number of rotatable bonds is 5. The van der Waals surface area contributed by atoms with Crippen molar-refractivity contribution in [3.63, 3.8) is 0 Å². The van der Waals surface area contributed by atoms with E-state index in [1.807, 2.05) is 25.2 Å². The first-order valence-corrected chi connectivity index (χ1v) is 5.75. The van der Waals surface area contributed by atoms with Gasteiger partial charge in [0.2, 0.25) is 6.41 Å². The smallest absolute Gasteiger partial charge is 0.211 e. The fraction of sp³-hybridized carbons (Fsp3) is 0.462. The van der Waals surface area contributed by atoms with E-state index < -0.39 is 0 Å². The van der Waals surface area contributed by atoms with E-state index >= 15 is 0 Å². The van der Waals surface area contributed by atoms with Gasteiger partial charge in [0.05, 0.1) is 0 Å². The molecule has 1 heterocycles. The van der Waals surface area contributed by atoms with Crippen LogP contribution in [0.4, 0.5) is 0 Å². The molecule has 1 aliphatic heterocycles. The van der Waals surface area contributed by atoms with Crippen molar-refractivity contribution in [1.29, 1.82) is 0 Å². The van der Waals surface area contributed by atoms with Gasteiger partial charge in [-0.2, -0.15) is 0 Å². The molecule has 0 aromatic heterocycles. The van der Waals surface area contributed by atoms with Crippen molar-refractivity contribution >= 4 is 6.41 Å². The van der Waals surface area contributed by atoms with Gasteiger partial charge >= 0.3 is 0 Å². The lowest BCUT2D eigenvalue weighted by molar-refractivity contribution is -0.108. The summed E-state index contributed by atoms with van der Waals surface area (Å²) >= 11 is 0. The first-order valence-electron chi connectivity index (χ1n) is 5.75. The zero-order valence-electron chi connectivity index (χ0n) is 10.0. The Morgan fingerprint density at radius 3 is 2.88 bits per heavy atom. The molecule has 0 aromatic carbocycles. The van der Waals surface area contributed by atoms with Crippen LogP contribution in [0.5, 0.6) is 0 Å². The molecule has 0 aromatic rings. The molecule has 1 aliphatic rings. The summed E-state index contributed by atoms with van der Waals surface area (Å²) in [6.07, 6.45) is 12.8. The molecule has 0 radical (unpaired) electrons. The molecular formula is C13H20N2O. The molecule has 1 amide bonds. The average molecular weight is 220 g/mol. The number of allylic oxidation sites excluding steroid dienone is 4. The number of nitrogens with one attached hydrogen (secondary N) is 1. The molecule has 0 aliphatic carbocycles. The van der Waals surface area contributed by atoms with E-state index in [-0.39, 0.29) is 0 Å². The van der Waals surface area contributed by atoms with Gasteiger partial charge in [-0.3, -0.25) is 4.79 Å². The van der Waals surface area contributed by atoms with Crippen LogP contribution < -0.4 is 5.32 Å². The standard InChI is InChI=1S/C13H20N2O/c1-3-6-13(8-4-9-14-11-16)15-10-5-7-12(15)2/h3-4,6,8-9,11-12H,5,7,10H2,1-2H3,(H,14,16)/b6-3-,9-4+,13-8+. The Bertz CT molecular complexity index is 305. The second kappa shape index (κ2) is 6.88. The van der Waals surface area contributed by atoms with Crippen LogP contribution in [0.2, 0.25) is 0 Å². The maximum absolute atomic E-state index is 10.1. The lowest BCUT2D eigenvalue weighted by atomic mass is 10.2. The number of likely N-dealkylation sites (tertiary alicyclic amines) is 1. The van der Waals surface area contributed by atoms with Gasteiger partial charge in [-0.05, 0) is 44.9 Å². The minimum atomic E-state index is 0.606. The molecule has 3 nitrogen and oxygen atoms in total. The lowest BCUT2D eigenvalue weighted by Gasteiger charge is -2.24. The van der Waals surface area contributed by atoms with E-state index in [2.05, 4.69) is 23.2 Å². The van der Waals surface area contributed by atoms with Gasteiger partial charge in [0.15, 0.2) is 0 Å². The highest BCUT2D eigenvalue weighted by Gasteiger charge is 2.20. The molecular weight excluding hydrogens is 200 g/mol. The first kappa shape index (κ1) is 12.6. The van der Waals surface area contributed by atoms with Gasteiger partial charge < -0.3 is 10.2 Å². The van der Waals surface area contributed by atoms with E-state index in [1.165, 1.54) is 18.5 Å². The van der Waals surface area contributed by atoms with Crippen LogP contribution in [0.1, 0.15) is 26.7 Å². The second-order valence-electron chi connectivity index (χ2n) is 3.92. The van der Waals surface area contributed by atoms with E-state index in [1.54, 1.807) is 6.20 Å². The van der Waals surface area contributed by atoms with Crippen LogP contribution in [0.3, 0.4) is 0 Å². The summed E-state index contributed by atoms with van der Waals surface area (Å²) in [5, 5.41) is 2.50. The van der Waals surface area contributed by atoms with Crippen molar-refractivity contribution < 1.29 is 4.79 Å². The summed E-state index contributed by atoms with van der Waals surface area (Å²) in [6.45, 7) is 5.38. The van der Waals surface area contributed by atoms with E-state index in [9.17, 15) is 4.79 Å². The molecule has 1 rings (SSSR count). The van der Waals surface area contributed by atoms with E-state index in [0.29, 0.717) is 12.5 Å². The summed E-state index contributed by atoms with van der Waals surface area (Å²) in [6, 6.07) is 0.606. The fourth-order valence-electron chi connectivity index (χ4n) is 1.98. The zero-order chi connectivity index (χ0) is 11.8. The van der Waals surface area contributed by atoms with Gasteiger partial charge in [0, 0.05) is 24.5 Å². The molecule has 1 saturated heterocycles. The second-order valence-corrected chi connectivity index (χ2v) is 3.92. The quantitative estimate of drug-likeness (QED) is 0.569. The topological polar surface area (TPSA) is 32.3 Å². The zero-order valence-corrected chi connectivity index (χ0v) is 10.0. The molecule has 1 unspecified atom stereocenters. The lowest BCUT2D eigenvalue weighted by Crippen LogP contribution is -2.25. The van der Waals surface area contributed by atoms with E-state index in [0.717, 1.165) is 6.54 Å². The Hall–Kier alpha value is -1.51. The monoisotopic (exact) mass is 220 g/mol. The number of hydrogen-bond acceptors (Lipinski definition) is 2. The largest absolute Gasteiger partial charge is 0.369 e. The van der Waals surface area contributed by atoms with Crippen molar-refractivity contribution in [3.8, 4) is 0 Å². The fourth-order valence-corrected chi connectivity index (χ4v) is 1.98. The Labute approximate surface area is 97.5 Å². The van der Waals surface area contributed by atoms with Crippen molar-refractivity contribution in [2.75, 3.05) is 6.54 Å². The maximum Gasteiger partial charge on any atom is 0.211 e. The van der Waals surface area contributed by atoms with Crippen LogP contribution in [-0.2, 0) is 4.79 Å². The van der Waals surface area contributed by atoms with Gasteiger partial charge in [0.1, 0.15) is 0 Å². The van der Waals surface area contributed by atoms with Gasteiger partial charge in [0.25, 0.3) is 0 Å². The van der Waals surface area contributed by atoms with Crippen molar-refractivity contribution in [1.82, 2.24) is 10.2 Å². The number of carbonyl (C=O) groups is 1. The minimum absolute atomic E-state index is 0.606. The van der Waals surface area contributed by atoms with Gasteiger partial charge in [-0.25, -0.2) is 0 Å². The third-order valence-electron chi connectivity index (χ3n) is 2.75. The average Bonchev–Trinajstić information content (AvgIpc) is 2.69. The van der Waals surface area contributed by atoms with Gasteiger partial charge in [-0.1, -0.05) is 6.08 Å². The molecule has 16 heavy (non-hydrogen) atoms. The summed E-state index contributed by atoms with van der Waals surface area (Å²) in [7, 11) is 0. The molecule has 88 valence electrons. The predicted octanol–water partition coefficient (Wildman–Crippen LogP) is 2.19.